The Bertz CT molecular complexity index is 1290. The maximum absolute atomic E-state index is 13.3. The lowest BCUT2D eigenvalue weighted by atomic mass is 9.95. The van der Waals surface area contributed by atoms with E-state index in [2.05, 4.69) is 18.7 Å². The zero-order chi connectivity index (χ0) is 27.1. The monoisotopic (exact) mass is 514 g/mol. The van der Waals surface area contributed by atoms with Crippen LogP contribution in [0.3, 0.4) is 0 Å². The van der Waals surface area contributed by atoms with Crippen LogP contribution in [0.4, 0.5) is 0 Å². The number of nitrogens with zero attached hydrogens (tertiary/aromatic N) is 2. The van der Waals surface area contributed by atoms with Gasteiger partial charge >= 0.3 is 0 Å². The van der Waals surface area contributed by atoms with Gasteiger partial charge in [0.15, 0.2) is 11.5 Å². The van der Waals surface area contributed by atoms with Gasteiger partial charge in [-0.3, -0.25) is 9.59 Å². The maximum Gasteiger partial charge on any atom is 0.295 e. The zero-order valence-corrected chi connectivity index (χ0v) is 22.1. The van der Waals surface area contributed by atoms with Crippen LogP contribution >= 0.6 is 0 Å². The van der Waals surface area contributed by atoms with Crippen LogP contribution in [0.1, 0.15) is 36.6 Å². The Morgan fingerprint density at radius 2 is 1.58 bits per heavy atom. The molecule has 3 aromatic carbocycles. The quantitative estimate of drug-likeness (QED) is 0.220. The molecule has 1 saturated heterocycles. The van der Waals surface area contributed by atoms with Gasteiger partial charge in [-0.25, -0.2) is 0 Å². The lowest BCUT2D eigenvalue weighted by Gasteiger charge is -2.28. The van der Waals surface area contributed by atoms with Gasteiger partial charge in [-0.1, -0.05) is 80.6 Å². The van der Waals surface area contributed by atoms with Gasteiger partial charge in [0, 0.05) is 18.7 Å². The van der Waals surface area contributed by atoms with Gasteiger partial charge < -0.3 is 24.4 Å². The topological polar surface area (TPSA) is 79.3 Å². The third-order valence-corrected chi connectivity index (χ3v) is 6.88. The average molecular weight is 515 g/mol. The number of aliphatic hydroxyl groups excluding tert-OH is 1. The number of likely N-dealkylation sites (tertiary alicyclic amines) is 1. The van der Waals surface area contributed by atoms with Crippen molar-refractivity contribution in [2.75, 3.05) is 33.3 Å². The molecule has 4 rings (SSSR count). The summed E-state index contributed by atoms with van der Waals surface area (Å²) >= 11 is 0. The first-order valence-corrected chi connectivity index (χ1v) is 12.9. The third kappa shape index (κ3) is 5.73. The molecular weight excluding hydrogens is 480 g/mol. The molecule has 1 aliphatic heterocycles. The van der Waals surface area contributed by atoms with Crippen molar-refractivity contribution in [1.29, 1.82) is 0 Å². The van der Waals surface area contributed by atoms with E-state index in [1.807, 2.05) is 42.5 Å². The average Bonchev–Trinajstić information content (AvgIpc) is 3.22. The Morgan fingerprint density at radius 1 is 0.921 bits per heavy atom. The van der Waals surface area contributed by atoms with Crippen LogP contribution in [0, 0.1) is 0 Å². The second kappa shape index (κ2) is 12.4. The first kappa shape index (κ1) is 26.9. The van der Waals surface area contributed by atoms with Crippen LogP contribution in [0.25, 0.3) is 5.76 Å². The number of hydrogen-bond donors (Lipinski definition) is 1. The van der Waals surface area contributed by atoms with Crippen molar-refractivity contribution in [3.63, 3.8) is 0 Å². The number of ether oxygens (including phenoxy) is 2. The fourth-order valence-corrected chi connectivity index (χ4v) is 4.71. The Labute approximate surface area is 223 Å². The summed E-state index contributed by atoms with van der Waals surface area (Å²) in [4.78, 5) is 30.3. The summed E-state index contributed by atoms with van der Waals surface area (Å²) in [5, 5.41) is 11.2. The molecule has 1 unspecified atom stereocenters. The van der Waals surface area contributed by atoms with Crippen molar-refractivity contribution < 1.29 is 24.2 Å². The largest absolute Gasteiger partial charge is 0.507 e. The molecule has 1 fully saturated rings. The van der Waals surface area contributed by atoms with Gasteiger partial charge in [0.1, 0.15) is 12.4 Å². The summed E-state index contributed by atoms with van der Waals surface area (Å²) in [6.45, 7) is 7.10. The minimum absolute atomic E-state index is 0.0701. The standard InChI is InChI=1S/C31H34N2O5/c1-4-32(5-2)18-19-33-28(27(30(35)31(33)36)29(34)23-14-10-7-11-15-23)24-16-17-25(26(20-24)37-3)38-21-22-12-8-6-9-13-22/h6-17,20,28,34H,4-5,18-19,21H2,1-3H3/b29-27+. The van der Waals surface area contributed by atoms with Crippen molar-refractivity contribution in [3.8, 4) is 11.5 Å². The minimum Gasteiger partial charge on any atom is -0.507 e. The smallest absolute Gasteiger partial charge is 0.295 e. The first-order chi connectivity index (χ1) is 18.5. The highest BCUT2D eigenvalue weighted by molar-refractivity contribution is 6.46. The van der Waals surface area contributed by atoms with Crippen LogP contribution < -0.4 is 9.47 Å². The van der Waals surface area contributed by atoms with Gasteiger partial charge in [-0.2, -0.15) is 0 Å². The van der Waals surface area contributed by atoms with Gasteiger partial charge in [-0.05, 0) is 36.3 Å². The van der Waals surface area contributed by atoms with Crippen molar-refractivity contribution >= 4 is 17.4 Å². The Kier molecular flexibility index (Phi) is 8.81. The van der Waals surface area contributed by atoms with Crippen molar-refractivity contribution in [2.24, 2.45) is 0 Å². The number of carbonyl (C=O) groups is 2. The predicted molar refractivity (Wildman–Crippen MR) is 147 cm³/mol. The van der Waals surface area contributed by atoms with E-state index in [1.54, 1.807) is 48.4 Å². The van der Waals surface area contributed by atoms with Crippen LogP contribution in [0.5, 0.6) is 11.5 Å². The number of hydrogen-bond acceptors (Lipinski definition) is 6. The lowest BCUT2D eigenvalue weighted by Crippen LogP contribution is -2.38. The lowest BCUT2D eigenvalue weighted by molar-refractivity contribution is -0.140. The van der Waals surface area contributed by atoms with E-state index in [0.717, 1.165) is 18.7 Å². The number of rotatable bonds is 11. The van der Waals surface area contributed by atoms with E-state index in [1.165, 1.54) is 0 Å². The number of aliphatic hydroxyl groups is 1. The predicted octanol–water partition coefficient (Wildman–Crippen LogP) is 5.04. The summed E-state index contributed by atoms with van der Waals surface area (Å²) in [5.74, 6) is -0.485. The number of ketones is 1. The molecule has 0 aromatic heterocycles. The highest BCUT2D eigenvalue weighted by Crippen LogP contribution is 2.42. The Morgan fingerprint density at radius 3 is 2.21 bits per heavy atom. The van der Waals surface area contributed by atoms with E-state index in [9.17, 15) is 14.7 Å². The second-order valence-corrected chi connectivity index (χ2v) is 9.07. The molecule has 0 saturated carbocycles. The number of benzene rings is 3. The fourth-order valence-electron chi connectivity index (χ4n) is 4.71. The number of methoxy groups -OCH3 is 1. The molecule has 1 atom stereocenters. The molecule has 7 nitrogen and oxygen atoms in total. The molecule has 0 bridgehead atoms. The molecular formula is C31H34N2O5. The summed E-state index contributed by atoms with van der Waals surface area (Å²) < 4.78 is 11.6. The molecule has 0 spiro atoms. The van der Waals surface area contributed by atoms with Crippen molar-refractivity contribution in [2.45, 2.75) is 26.5 Å². The molecule has 0 radical (unpaired) electrons. The van der Waals surface area contributed by atoms with Gasteiger partial charge in [-0.15, -0.1) is 0 Å². The first-order valence-electron chi connectivity index (χ1n) is 12.9. The number of likely N-dealkylation sites (N-methyl/N-ethyl adjacent to an activating group) is 1. The van der Waals surface area contributed by atoms with E-state index in [-0.39, 0.29) is 11.3 Å². The van der Waals surface area contributed by atoms with E-state index in [4.69, 9.17) is 9.47 Å². The maximum atomic E-state index is 13.3. The summed E-state index contributed by atoms with van der Waals surface area (Å²) in [7, 11) is 1.55. The Balaban J connectivity index is 1.73. The normalized spacial score (nSPS) is 16.7. The molecule has 0 aliphatic carbocycles. The molecule has 1 heterocycles. The van der Waals surface area contributed by atoms with Gasteiger partial charge in [0.2, 0.25) is 0 Å². The number of Topliss-reactive ketones (excluding diaryl/α,β-unsaturated/α-hetero) is 1. The highest BCUT2D eigenvalue weighted by atomic mass is 16.5. The van der Waals surface area contributed by atoms with Crippen LogP contribution in [-0.2, 0) is 16.2 Å². The van der Waals surface area contributed by atoms with Crippen LogP contribution in [0.2, 0.25) is 0 Å². The van der Waals surface area contributed by atoms with Crippen molar-refractivity contribution in [1.82, 2.24) is 9.80 Å². The molecule has 3 aromatic rings. The number of carbonyl (C=O) groups excluding carboxylic acids is 2. The molecule has 198 valence electrons. The summed E-state index contributed by atoms with van der Waals surface area (Å²) in [6.07, 6.45) is 0. The molecule has 38 heavy (non-hydrogen) atoms. The molecule has 1 N–H and O–H groups in total. The molecule has 1 aliphatic rings. The molecule has 1 amide bonds. The van der Waals surface area contributed by atoms with E-state index >= 15 is 0 Å². The third-order valence-electron chi connectivity index (χ3n) is 6.88. The SMILES string of the molecule is CCN(CC)CCN1C(=O)C(=O)/C(=C(/O)c2ccccc2)C1c1ccc(OCc2ccccc2)c(OC)c1. The molecule has 7 heteroatoms. The van der Waals surface area contributed by atoms with Crippen LogP contribution in [-0.4, -0.2) is 59.9 Å². The second-order valence-electron chi connectivity index (χ2n) is 9.07. The minimum atomic E-state index is -0.761. The van der Waals surface area contributed by atoms with Gasteiger partial charge in [0.25, 0.3) is 11.7 Å². The summed E-state index contributed by atoms with van der Waals surface area (Å²) in [6, 6.07) is 23.3. The van der Waals surface area contributed by atoms with Crippen molar-refractivity contribution in [3.05, 3.63) is 101 Å². The highest BCUT2D eigenvalue weighted by Gasteiger charge is 2.46. The van der Waals surface area contributed by atoms with E-state index < -0.39 is 17.7 Å². The van der Waals surface area contributed by atoms with E-state index in [0.29, 0.717) is 42.3 Å². The zero-order valence-electron chi connectivity index (χ0n) is 22.1. The van der Waals surface area contributed by atoms with Gasteiger partial charge in [0.05, 0.1) is 18.7 Å². The summed E-state index contributed by atoms with van der Waals surface area (Å²) in [5.41, 5.74) is 2.23. The number of amides is 1. The van der Waals surface area contributed by atoms with Crippen LogP contribution in [0.15, 0.2) is 84.4 Å². The Hall–Kier alpha value is -4.10. The fraction of sp³-hybridized carbons (Fsp3) is 0.290.